The smallest absolute Gasteiger partial charge is 0.273 e. The maximum absolute atomic E-state index is 12.5. The number of nitrogens with one attached hydrogen (secondary N) is 2. The number of carbonyl (C=O) groups is 1. The number of aromatic nitrogens is 3. The van der Waals surface area contributed by atoms with Crippen LogP contribution in [-0.4, -0.2) is 44.6 Å². The van der Waals surface area contributed by atoms with Crippen molar-refractivity contribution < 1.29 is 4.79 Å². The molecule has 7 heteroatoms. The number of rotatable bonds is 6. The molecule has 28 heavy (non-hydrogen) atoms. The molecule has 0 saturated carbocycles. The summed E-state index contributed by atoms with van der Waals surface area (Å²) in [5.74, 6) is -0.199. The van der Waals surface area contributed by atoms with Crippen LogP contribution in [0, 0.1) is 0 Å². The van der Waals surface area contributed by atoms with Crippen LogP contribution in [0.15, 0.2) is 29.3 Å². The fourth-order valence-corrected chi connectivity index (χ4v) is 3.99. The van der Waals surface area contributed by atoms with Crippen LogP contribution in [-0.2, 0) is 24.2 Å². The van der Waals surface area contributed by atoms with Gasteiger partial charge in [0.1, 0.15) is 12.0 Å². The lowest BCUT2D eigenvalue weighted by atomic mass is 9.93. The molecule has 1 aliphatic carbocycles. The zero-order valence-electron chi connectivity index (χ0n) is 16.5. The molecule has 2 aromatic heterocycles. The van der Waals surface area contributed by atoms with Crippen LogP contribution in [0.5, 0.6) is 0 Å². The highest BCUT2D eigenvalue weighted by molar-refractivity contribution is 6.32. The van der Waals surface area contributed by atoms with E-state index in [1.54, 1.807) is 12.3 Å². The maximum atomic E-state index is 12.5. The second kappa shape index (κ2) is 8.06. The molecule has 0 saturated heterocycles. The van der Waals surface area contributed by atoms with Gasteiger partial charge < -0.3 is 4.98 Å². The Bertz CT molecular complexity index is 924. The fraction of sp³-hybridized carbons (Fsp3) is 0.429. The number of nitrogens with zero attached hydrogens (tertiary/aromatic N) is 4. The second-order valence-electron chi connectivity index (χ2n) is 7.20. The van der Waals surface area contributed by atoms with Crippen molar-refractivity contribution in [3.63, 3.8) is 0 Å². The maximum Gasteiger partial charge on any atom is 0.273 e. The number of hydrogen-bond donors (Lipinski definition) is 2. The molecule has 0 aromatic carbocycles. The summed E-state index contributed by atoms with van der Waals surface area (Å²) in [6.07, 6.45) is 9.68. The second-order valence-corrected chi connectivity index (χ2v) is 7.20. The third-order valence-corrected chi connectivity index (χ3v) is 5.60. The van der Waals surface area contributed by atoms with Gasteiger partial charge in [0, 0.05) is 24.1 Å². The zero-order chi connectivity index (χ0) is 19.5. The molecule has 4 rings (SSSR count). The van der Waals surface area contributed by atoms with Crippen molar-refractivity contribution >= 4 is 17.7 Å². The van der Waals surface area contributed by atoms with Crippen LogP contribution in [0.3, 0.4) is 0 Å². The molecule has 1 aliphatic heterocycles. The average Bonchev–Trinajstić information content (AvgIpc) is 3.27. The van der Waals surface area contributed by atoms with Crippen molar-refractivity contribution in [3.05, 3.63) is 52.4 Å². The van der Waals surface area contributed by atoms with E-state index in [0.717, 1.165) is 38.2 Å². The van der Waals surface area contributed by atoms with Gasteiger partial charge in [-0.2, -0.15) is 5.10 Å². The van der Waals surface area contributed by atoms with Gasteiger partial charge in [-0.05, 0) is 62.0 Å². The van der Waals surface area contributed by atoms with Crippen LogP contribution in [0.2, 0.25) is 0 Å². The zero-order valence-corrected chi connectivity index (χ0v) is 16.5. The van der Waals surface area contributed by atoms with E-state index in [1.807, 2.05) is 6.08 Å². The normalized spacial score (nSPS) is 17.8. The van der Waals surface area contributed by atoms with Gasteiger partial charge in [0.25, 0.3) is 5.91 Å². The van der Waals surface area contributed by atoms with Gasteiger partial charge in [-0.1, -0.05) is 13.8 Å². The van der Waals surface area contributed by atoms with E-state index in [1.165, 1.54) is 36.0 Å². The lowest BCUT2D eigenvalue weighted by Gasteiger charge is -2.20. The molecule has 2 aromatic rings. The van der Waals surface area contributed by atoms with Crippen molar-refractivity contribution in [1.29, 1.82) is 0 Å². The molecule has 0 bridgehead atoms. The predicted molar refractivity (Wildman–Crippen MR) is 109 cm³/mol. The molecule has 2 aliphatic rings. The van der Waals surface area contributed by atoms with E-state index in [2.05, 4.69) is 44.2 Å². The monoisotopic (exact) mass is 378 g/mol. The minimum Gasteiger partial charge on any atom is -0.358 e. The van der Waals surface area contributed by atoms with E-state index >= 15 is 0 Å². The SMILES string of the molecule is CCN(CC)Cc1c(C=C2C(=O)NN=C2c2ccncn2)[nH]c2c1CCCC2. The predicted octanol–water partition coefficient (Wildman–Crippen LogP) is 2.44. The van der Waals surface area contributed by atoms with Crippen molar-refractivity contribution in [2.24, 2.45) is 5.10 Å². The van der Waals surface area contributed by atoms with Crippen molar-refractivity contribution in [3.8, 4) is 0 Å². The molecule has 0 fully saturated rings. The Labute approximate surface area is 165 Å². The molecule has 146 valence electrons. The van der Waals surface area contributed by atoms with Crippen LogP contribution in [0.25, 0.3) is 6.08 Å². The van der Waals surface area contributed by atoms with Gasteiger partial charge in [-0.3, -0.25) is 9.69 Å². The topological polar surface area (TPSA) is 86.3 Å². The summed E-state index contributed by atoms with van der Waals surface area (Å²) in [7, 11) is 0. The number of aryl methyl sites for hydroxylation is 1. The number of carbonyl (C=O) groups excluding carboxylic acids is 1. The minimum absolute atomic E-state index is 0.199. The van der Waals surface area contributed by atoms with E-state index in [0.29, 0.717) is 17.0 Å². The Morgan fingerprint density at radius 2 is 2.04 bits per heavy atom. The first-order valence-electron chi connectivity index (χ1n) is 10.0. The van der Waals surface area contributed by atoms with E-state index in [9.17, 15) is 4.79 Å². The first-order valence-corrected chi connectivity index (χ1v) is 10.0. The molecule has 2 N–H and O–H groups in total. The fourth-order valence-electron chi connectivity index (χ4n) is 3.99. The van der Waals surface area contributed by atoms with Crippen molar-refractivity contribution in [2.45, 2.75) is 46.1 Å². The third-order valence-electron chi connectivity index (χ3n) is 5.60. The quantitative estimate of drug-likeness (QED) is 0.756. The summed E-state index contributed by atoms with van der Waals surface area (Å²) < 4.78 is 0. The lowest BCUT2D eigenvalue weighted by Crippen LogP contribution is -2.23. The summed E-state index contributed by atoms with van der Waals surface area (Å²) in [4.78, 5) is 26.7. The van der Waals surface area contributed by atoms with E-state index in [4.69, 9.17) is 0 Å². The number of amides is 1. The number of hydrazone groups is 1. The highest BCUT2D eigenvalue weighted by Gasteiger charge is 2.27. The Balaban J connectivity index is 1.76. The summed E-state index contributed by atoms with van der Waals surface area (Å²) >= 11 is 0. The summed E-state index contributed by atoms with van der Waals surface area (Å²) in [6.45, 7) is 7.26. The van der Waals surface area contributed by atoms with Crippen LogP contribution < -0.4 is 5.43 Å². The molecule has 0 unspecified atom stereocenters. The van der Waals surface area contributed by atoms with Crippen LogP contribution in [0.1, 0.15) is 54.9 Å². The van der Waals surface area contributed by atoms with Crippen molar-refractivity contribution in [1.82, 2.24) is 25.3 Å². The first-order chi connectivity index (χ1) is 13.7. The van der Waals surface area contributed by atoms with Gasteiger partial charge >= 0.3 is 0 Å². The molecular weight excluding hydrogens is 352 g/mol. The van der Waals surface area contributed by atoms with Crippen molar-refractivity contribution in [2.75, 3.05) is 13.1 Å². The Hall–Kier alpha value is -2.80. The van der Waals surface area contributed by atoms with Crippen LogP contribution in [0.4, 0.5) is 0 Å². The molecular formula is C21H26N6O. The number of H-pyrrole nitrogens is 1. The highest BCUT2D eigenvalue weighted by atomic mass is 16.2. The summed E-state index contributed by atoms with van der Waals surface area (Å²) in [5.41, 5.74) is 9.41. The van der Waals surface area contributed by atoms with Gasteiger partial charge in [0.2, 0.25) is 0 Å². The summed E-state index contributed by atoms with van der Waals surface area (Å²) in [5, 5.41) is 4.20. The third kappa shape index (κ3) is 3.49. The molecule has 3 heterocycles. The molecule has 0 spiro atoms. The van der Waals surface area contributed by atoms with Gasteiger partial charge in [-0.25, -0.2) is 15.4 Å². The Morgan fingerprint density at radius 1 is 1.21 bits per heavy atom. The van der Waals surface area contributed by atoms with Gasteiger partial charge in [-0.15, -0.1) is 0 Å². The van der Waals surface area contributed by atoms with E-state index < -0.39 is 0 Å². The number of hydrogen-bond acceptors (Lipinski definition) is 5. The number of aromatic amines is 1. The molecule has 7 nitrogen and oxygen atoms in total. The van der Waals surface area contributed by atoms with Gasteiger partial charge in [0.15, 0.2) is 0 Å². The lowest BCUT2D eigenvalue weighted by molar-refractivity contribution is -0.116. The molecule has 0 atom stereocenters. The van der Waals surface area contributed by atoms with Gasteiger partial charge in [0.05, 0.1) is 11.3 Å². The Kier molecular flexibility index (Phi) is 5.34. The average molecular weight is 378 g/mol. The molecule has 0 radical (unpaired) electrons. The molecule has 1 amide bonds. The standard InChI is InChI=1S/C21H26N6O/c1-3-27(4-2)12-16-14-7-5-6-8-17(14)24-19(16)11-15-20(25-26-21(15)28)18-9-10-22-13-23-18/h9-11,13,24H,3-8,12H2,1-2H3,(H,26,28). The van der Waals surface area contributed by atoms with Crippen LogP contribution >= 0.6 is 0 Å². The van der Waals surface area contributed by atoms with E-state index in [-0.39, 0.29) is 5.91 Å². The minimum atomic E-state index is -0.199. The Morgan fingerprint density at radius 3 is 2.79 bits per heavy atom. The largest absolute Gasteiger partial charge is 0.358 e. The highest BCUT2D eigenvalue weighted by Crippen LogP contribution is 2.30. The first kappa shape index (κ1) is 18.6. The number of fused-ring (bicyclic) bond motifs is 1. The summed E-state index contributed by atoms with van der Waals surface area (Å²) in [6, 6.07) is 1.77.